The Labute approximate surface area is 182 Å². The molecular formula is C23H30BrN3O2. The van der Waals surface area contributed by atoms with Crippen LogP contribution in [0.25, 0.3) is 0 Å². The van der Waals surface area contributed by atoms with Crippen LogP contribution in [-0.2, 0) is 17.8 Å². The van der Waals surface area contributed by atoms with Crippen LogP contribution in [-0.4, -0.2) is 47.7 Å². The van der Waals surface area contributed by atoms with E-state index in [1.54, 1.807) is 0 Å². The Balaban J connectivity index is 1.57. The molecule has 6 heteroatoms. The highest BCUT2D eigenvalue weighted by molar-refractivity contribution is 9.10. The number of hydrogen-bond donors (Lipinski definition) is 1. The van der Waals surface area contributed by atoms with Gasteiger partial charge in [0.2, 0.25) is 0 Å². The van der Waals surface area contributed by atoms with Gasteiger partial charge in [-0.25, -0.2) is 4.79 Å². The lowest BCUT2D eigenvalue weighted by molar-refractivity contribution is 0.0635. The molecule has 1 saturated heterocycles. The summed E-state index contributed by atoms with van der Waals surface area (Å²) in [5.74, 6) is 0. The van der Waals surface area contributed by atoms with Crippen LogP contribution in [0.3, 0.4) is 0 Å². The van der Waals surface area contributed by atoms with Crippen molar-refractivity contribution in [3.05, 3.63) is 64.1 Å². The number of nitrogens with one attached hydrogen (secondary N) is 1. The Kier molecular flexibility index (Phi) is 7.33. The lowest BCUT2D eigenvalue weighted by Gasteiger charge is -2.35. The summed E-state index contributed by atoms with van der Waals surface area (Å²) in [6.45, 7) is 11.5. The van der Waals surface area contributed by atoms with E-state index in [0.29, 0.717) is 0 Å². The molecule has 0 atom stereocenters. The maximum atomic E-state index is 12.2. The van der Waals surface area contributed by atoms with Gasteiger partial charge < -0.3 is 4.74 Å². The first-order valence-corrected chi connectivity index (χ1v) is 10.8. The highest BCUT2D eigenvalue weighted by Crippen LogP contribution is 2.24. The third-order valence-electron chi connectivity index (χ3n) is 4.82. The molecule has 29 heavy (non-hydrogen) atoms. The zero-order valence-electron chi connectivity index (χ0n) is 17.5. The average Bonchev–Trinajstić information content (AvgIpc) is 2.65. The summed E-state index contributed by atoms with van der Waals surface area (Å²) in [5, 5.41) is 2.91. The molecule has 1 aliphatic rings. The number of rotatable bonds is 5. The summed E-state index contributed by atoms with van der Waals surface area (Å²) < 4.78 is 6.34. The standard InChI is InChI=1S/C23H30BrN3O2/c1-23(2,3)29-22(28)25-21-15-20(24)10-9-19(21)17-27-13-11-26(12-14-27)16-18-7-5-4-6-8-18/h4-10,15H,11-14,16-17H2,1-3H3,(H,25,28). The normalized spacial score (nSPS) is 15.9. The Morgan fingerprint density at radius 3 is 2.24 bits per heavy atom. The second kappa shape index (κ2) is 9.74. The molecule has 1 aliphatic heterocycles. The van der Waals surface area contributed by atoms with Crippen molar-refractivity contribution in [1.82, 2.24) is 9.80 Å². The molecule has 1 fully saturated rings. The van der Waals surface area contributed by atoms with Crippen LogP contribution in [0.4, 0.5) is 10.5 Å². The summed E-state index contributed by atoms with van der Waals surface area (Å²) in [4.78, 5) is 17.2. The number of anilines is 1. The molecule has 1 amide bonds. The molecule has 2 aromatic carbocycles. The highest BCUT2D eigenvalue weighted by atomic mass is 79.9. The van der Waals surface area contributed by atoms with Gasteiger partial charge in [-0.1, -0.05) is 52.3 Å². The van der Waals surface area contributed by atoms with Crippen molar-refractivity contribution in [2.75, 3.05) is 31.5 Å². The van der Waals surface area contributed by atoms with Crippen molar-refractivity contribution in [1.29, 1.82) is 0 Å². The predicted octanol–water partition coefficient (Wildman–Crippen LogP) is 5.11. The van der Waals surface area contributed by atoms with E-state index in [4.69, 9.17) is 4.74 Å². The van der Waals surface area contributed by atoms with Gasteiger partial charge in [-0.3, -0.25) is 15.1 Å². The van der Waals surface area contributed by atoms with Crippen LogP contribution in [0, 0.1) is 0 Å². The Bertz CT molecular complexity index is 813. The number of halogens is 1. The maximum Gasteiger partial charge on any atom is 0.412 e. The zero-order valence-corrected chi connectivity index (χ0v) is 19.0. The maximum absolute atomic E-state index is 12.2. The molecule has 0 spiro atoms. The molecule has 0 radical (unpaired) electrons. The van der Waals surface area contributed by atoms with Crippen molar-refractivity contribution >= 4 is 27.7 Å². The molecule has 1 N–H and O–H groups in total. The van der Waals surface area contributed by atoms with Crippen LogP contribution in [0.2, 0.25) is 0 Å². The molecule has 1 heterocycles. The van der Waals surface area contributed by atoms with Crippen molar-refractivity contribution < 1.29 is 9.53 Å². The first-order chi connectivity index (χ1) is 13.8. The van der Waals surface area contributed by atoms with Gasteiger partial charge in [-0.15, -0.1) is 0 Å². The molecular weight excluding hydrogens is 430 g/mol. The van der Waals surface area contributed by atoms with E-state index in [-0.39, 0.29) is 0 Å². The summed E-state index contributed by atoms with van der Waals surface area (Å²) in [7, 11) is 0. The molecule has 0 unspecified atom stereocenters. The first-order valence-electron chi connectivity index (χ1n) is 10.1. The fourth-order valence-electron chi connectivity index (χ4n) is 3.40. The SMILES string of the molecule is CC(C)(C)OC(=O)Nc1cc(Br)ccc1CN1CCN(Cc2ccccc2)CC1. The van der Waals surface area contributed by atoms with E-state index >= 15 is 0 Å². The highest BCUT2D eigenvalue weighted by Gasteiger charge is 2.20. The topological polar surface area (TPSA) is 44.8 Å². The van der Waals surface area contributed by atoms with Gasteiger partial charge in [0.05, 0.1) is 0 Å². The molecule has 2 aromatic rings. The van der Waals surface area contributed by atoms with Crippen LogP contribution in [0.15, 0.2) is 53.0 Å². The summed E-state index contributed by atoms with van der Waals surface area (Å²) in [5.41, 5.74) is 2.72. The summed E-state index contributed by atoms with van der Waals surface area (Å²) in [6, 6.07) is 16.6. The summed E-state index contributed by atoms with van der Waals surface area (Å²) >= 11 is 3.50. The third-order valence-corrected chi connectivity index (χ3v) is 5.31. The van der Waals surface area contributed by atoms with Crippen molar-refractivity contribution in [2.24, 2.45) is 0 Å². The average molecular weight is 460 g/mol. The van der Waals surface area contributed by atoms with Crippen LogP contribution < -0.4 is 5.32 Å². The van der Waals surface area contributed by atoms with Crippen LogP contribution in [0.5, 0.6) is 0 Å². The zero-order chi connectivity index (χ0) is 20.9. The molecule has 156 valence electrons. The lowest BCUT2D eigenvalue weighted by atomic mass is 10.1. The predicted molar refractivity (Wildman–Crippen MR) is 121 cm³/mol. The summed E-state index contributed by atoms with van der Waals surface area (Å²) in [6.07, 6.45) is -0.426. The van der Waals surface area contributed by atoms with E-state index in [0.717, 1.165) is 55.0 Å². The lowest BCUT2D eigenvalue weighted by Crippen LogP contribution is -2.45. The fraction of sp³-hybridized carbons (Fsp3) is 0.435. The number of nitrogens with zero attached hydrogens (tertiary/aromatic N) is 2. The quantitative estimate of drug-likeness (QED) is 0.674. The number of hydrogen-bond acceptors (Lipinski definition) is 4. The molecule has 0 saturated carbocycles. The minimum absolute atomic E-state index is 0.426. The van der Waals surface area contributed by atoms with E-state index in [1.807, 2.05) is 32.9 Å². The van der Waals surface area contributed by atoms with Crippen molar-refractivity contribution in [3.63, 3.8) is 0 Å². The van der Waals surface area contributed by atoms with Gasteiger partial charge in [0.15, 0.2) is 0 Å². The van der Waals surface area contributed by atoms with E-state index in [2.05, 4.69) is 67.4 Å². The molecule has 0 aliphatic carbocycles. The first kappa shape index (κ1) is 21.8. The van der Waals surface area contributed by atoms with Crippen molar-refractivity contribution in [2.45, 2.75) is 39.5 Å². The van der Waals surface area contributed by atoms with E-state index in [9.17, 15) is 4.79 Å². The van der Waals surface area contributed by atoms with Gasteiger partial charge in [0.1, 0.15) is 5.60 Å². The molecule has 3 rings (SSSR count). The van der Waals surface area contributed by atoms with E-state index < -0.39 is 11.7 Å². The molecule has 0 aromatic heterocycles. The van der Waals surface area contributed by atoms with Crippen LogP contribution in [0.1, 0.15) is 31.9 Å². The van der Waals surface area contributed by atoms with E-state index in [1.165, 1.54) is 5.56 Å². The van der Waals surface area contributed by atoms with Gasteiger partial charge in [-0.05, 0) is 44.0 Å². The third kappa shape index (κ3) is 7.14. The minimum atomic E-state index is -0.522. The largest absolute Gasteiger partial charge is 0.444 e. The minimum Gasteiger partial charge on any atom is -0.444 e. The van der Waals surface area contributed by atoms with Gasteiger partial charge in [-0.2, -0.15) is 0 Å². The van der Waals surface area contributed by atoms with Gasteiger partial charge in [0.25, 0.3) is 0 Å². The fourth-order valence-corrected chi connectivity index (χ4v) is 3.77. The Morgan fingerprint density at radius 2 is 1.62 bits per heavy atom. The second-order valence-electron chi connectivity index (χ2n) is 8.47. The number of ether oxygens (including phenoxy) is 1. The number of carbonyl (C=O) groups excluding carboxylic acids is 1. The van der Waals surface area contributed by atoms with Gasteiger partial charge >= 0.3 is 6.09 Å². The number of benzene rings is 2. The van der Waals surface area contributed by atoms with Gasteiger partial charge in [0, 0.05) is 49.4 Å². The number of amides is 1. The Morgan fingerprint density at radius 1 is 1.00 bits per heavy atom. The monoisotopic (exact) mass is 459 g/mol. The smallest absolute Gasteiger partial charge is 0.412 e. The second-order valence-corrected chi connectivity index (χ2v) is 9.38. The number of piperazine rings is 1. The van der Waals surface area contributed by atoms with Crippen molar-refractivity contribution in [3.8, 4) is 0 Å². The number of carbonyl (C=O) groups is 1. The molecule has 0 bridgehead atoms. The molecule has 5 nitrogen and oxygen atoms in total. The Hall–Kier alpha value is -1.89. The van der Waals surface area contributed by atoms with Crippen LogP contribution >= 0.6 is 15.9 Å².